The fourth-order valence-corrected chi connectivity index (χ4v) is 8.75. The van der Waals surface area contributed by atoms with Crippen LogP contribution in [-0.2, 0) is 10.8 Å². The van der Waals surface area contributed by atoms with Gasteiger partial charge >= 0.3 is 0 Å². The molecule has 0 aromatic heterocycles. The SMILES string of the molecule is COc1cc(C(C)(C)C)cc(OC)c1-c1cc2c(C)c3ccccc3c3c(-c4c(OC)cc(C(C)(C)C)cc4OC)cc4c(C)c5ccccc5c1c4c23. The van der Waals surface area contributed by atoms with Gasteiger partial charge in [-0.1, -0.05) is 90.1 Å². The summed E-state index contributed by atoms with van der Waals surface area (Å²) >= 11 is 0. The molecule has 0 fully saturated rings. The maximum absolute atomic E-state index is 6.28. The van der Waals surface area contributed by atoms with E-state index >= 15 is 0 Å². The quantitative estimate of drug-likeness (QED) is 0.127. The van der Waals surface area contributed by atoms with Crippen molar-refractivity contribution in [3.63, 3.8) is 0 Å². The Bertz CT molecular complexity index is 2550. The van der Waals surface area contributed by atoms with Crippen molar-refractivity contribution in [1.82, 2.24) is 0 Å². The van der Waals surface area contributed by atoms with Crippen molar-refractivity contribution in [2.75, 3.05) is 28.4 Å². The van der Waals surface area contributed by atoms with Crippen LogP contribution in [0.3, 0.4) is 0 Å². The fourth-order valence-electron chi connectivity index (χ4n) is 8.75. The highest BCUT2D eigenvalue weighted by molar-refractivity contribution is 6.39. The summed E-state index contributed by atoms with van der Waals surface area (Å²) in [5, 5.41) is 12.1. The first-order valence-electron chi connectivity index (χ1n) is 18.8. The summed E-state index contributed by atoms with van der Waals surface area (Å²) in [5.41, 5.74) is 8.69. The summed E-state index contributed by atoms with van der Waals surface area (Å²) in [4.78, 5) is 0. The number of methoxy groups -OCH3 is 4. The smallest absolute Gasteiger partial charge is 0.130 e. The first-order chi connectivity index (χ1) is 25.7. The predicted molar refractivity (Wildman–Crippen MR) is 229 cm³/mol. The third-order valence-corrected chi connectivity index (χ3v) is 11.7. The monoisotopic (exact) mass is 714 g/mol. The number of hydrogen-bond acceptors (Lipinski definition) is 4. The van der Waals surface area contributed by atoms with Gasteiger partial charge in [0, 0.05) is 0 Å². The van der Waals surface area contributed by atoms with Gasteiger partial charge in [0.1, 0.15) is 23.0 Å². The molecule has 0 heterocycles. The van der Waals surface area contributed by atoms with E-state index in [1.807, 2.05) is 0 Å². The van der Waals surface area contributed by atoms with Crippen molar-refractivity contribution in [3.05, 3.63) is 107 Å². The lowest BCUT2D eigenvalue weighted by Crippen LogP contribution is -2.12. The molecule has 0 aliphatic carbocycles. The Hall–Kier alpha value is -5.48. The summed E-state index contributed by atoms with van der Waals surface area (Å²) in [7, 11) is 7.06. The van der Waals surface area contributed by atoms with Crippen LogP contribution in [0, 0.1) is 13.8 Å². The van der Waals surface area contributed by atoms with Gasteiger partial charge in [-0.15, -0.1) is 0 Å². The Morgan fingerprint density at radius 2 is 0.667 bits per heavy atom. The van der Waals surface area contributed by atoms with E-state index in [1.165, 1.54) is 65.0 Å². The van der Waals surface area contributed by atoms with Gasteiger partial charge in [0.25, 0.3) is 0 Å². The normalized spacial score (nSPS) is 12.4. The molecule has 54 heavy (non-hydrogen) atoms. The van der Waals surface area contributed by atoms with E-state index in [2.05, 4.69) is 140 Å². The minimum atomic E-state index is -0.0961. The van der Waals surface area contributed by atoms with Crippen LogP contribution >= 0.6 is 0 Å². The number of rotatable bonds is 6. The zero-order chi connectivity index (χ0) is 38.4. The Morgan fingerprint density at radius 1 is 0.370 bits per heavy atom. The van der Waals surface area contributed by atoms with Crippen molar-refractivity contribution in [1.29, 1.82) is 0 Å². The van der Waals surface area contributed by atoms with Gasteiger partial charge < -0.3 is 18.9 Å². The molecule has 0 radical (unpaired) electrons. The van der Waals surface area contributed by atoms with Gasteiger partial charge in [-0.3, -0.25) is 0 Å². The number of ether oxygens (including phenoxy) is 4. The highest BCUT2D eigenvalue weighted by Crippen LogP contribution is 2.55. The van der Waals surface area contributed by atoms with Crippen LogP contribution in [0.25, 0.3) is 76.1 Å². The second-order valence-corrected chi connectivity index (χ2v) is 16.8. The van der Waals surface area contributed by atoms with Crippen molar-refractivity contribution in [3.8, 4) is 45.3 Å². The van der Waals surface area contributed by atoms with Crippen LogP contribution in [0.2, 0.25) is 0 Å². The van der Waals surface area contributed by atoms with Crippen molar-refractivity contribution >= 4 is 53.9 Å². The minimum Gasteiger partial charge on any atom is -0.496 e. The average Bonchev–Trinajstić information content (AvgIpc) is 3.16. The Balaban J connectivity index is 1.68. The molecule has 8 aromatic rings. The van der Waals surface area contributed by atoms with E-state index in [1.54, 1.807) is 28.4 Å². The molecule has 0 amide bonds. The molecular weight excluding hydrogens is 665 g/mol. The maximum Gasteiger partial charge on any atom is 0.130 e. The van der Waals surface area contributed by atoms with Gasteiger partial charge in [0.2, 0.25) is 0 Å². The van der Waals surface area contributed by atoms with Crippen molar-refractivity contribution in [2.45, 2.75) is 66.2 Å². The van der Waals surface area contributed by atoms with Gasteiger partial charge in [0.15, 0.2) is 0 Å². The molecule has 0 bridgehead atoms. The summed E-state index contributed by atoms with van der Waals surface area (Å²) in [5.74, 6) is 3.19. The number of aryl methyl sites for hydroxylation is 2. The summed E-state index contributed by atoms with van der Waals surface area (Å²) in [6, 6.07) is 31.2. The molecule has 8 aromatic carbocycles. The van der Waals surface area contributed by atoms with Crippen molar-refractivity contribution in [2.24, 2.45) is 0 Å². The Labute approximate surface area is 318 Å². The minimum absolute atomic E-state index is 0.0961. The molecule has 0 unspecified atom stereocenters. The first kappa shape index (κ1) is 35.5. The second kappa shape index (κ2) is 12.6. The van der Waals surface area contributed by atoms with Crippen LogP contribution in [-0.4, -0.2) is 28.4 Å². The third-order valence-electron chi connectivity index (χ3n) is 11.7. The Kier molecular flexibility index (Phi) is 8.26. The third kappa shape index (κ3) is 5.17. The highest BCUT2D eigenvalue weighted by Gasteiger charge is 2.29. The maximum atomic E-state index is 6.28. The zero-order valence-electron chi connectivity index (χ0n) is 33.7. The molecular formula is C50H50O4. The van der Waals surface area contributed by atoms with E-state index in [0.29, 0.717) is 0 Å². The zero-order valence-corrected chi connectivity index (χ0v) is 33.7. The molecule has 0 N–H and O–H groups in total. The van der Waals surface area contributed by atoms with E-state index < -0.39 is 0 Å². The number of hydrogen-bond donors (Lipinski definition) is 0. The van der Waals surface area contributed by atoms with E-state index in [9.17, 15) is 0 Å². The molecule has 0 aliphatic rings. The standard InChI is InChI=1S/C50H50O4/c1-27-31-17-13-15-19-33(31)43-38(46-41(53-11)23-30(50(6,7)8)24-42(46)54-12)26-36-28(2)32-18-14-16-20-34(32)44-37(25-35(27)47(43)48(36)44)45-39(51-9)21-29(49(3,4)5)22-40(45)52-10/h13-26H,1-12H3. The van der Waals surface area contributed by atoms with Crippen LogP contribution < -0.4 is 18.9 Å². The van der Waals surface area contributed by atoms with E-state index in [-0.39, 0.29) is 10.8 Å². The van der Waals surface area contributed by atoms with Gasteiger partial charge in [-0.05, 0) is 148 Å². The lowest BCUT2D eigenvalue weighted by Gasteiger charge is -2.27. The lowest BCUT2D eigenvalue weighted by molar-refractivity contribution is 0.394. The van der Waals surface area contributed by atoms with Crippen LogP contribution in [0.1, 0.15) is 63.8 Å². The predicted octanol–water partition coefficient (Wildman–Crippen LogP) is 13.5. The molecule has 0 aliphatic heterocycles. The fraction of sp³-hybridized carbons (Fsp3) is 0.280. The van der Waals surface area contributed by atoms with Crippen LogP contribution in [0.4, 0.5) is 0 Å². The van der Waals surface area contributed by atoms with Crippen LogP contribution in [0.5, 0.6) is 23.0 Å². The second-order valence-electron chi connectivity index (χ2n) is 16.8. The largest absolute Gasteiger partial charge is 0.496 e. The summed E-state index contributed by atoms with van der Waals surface area (Å²) in [6.45, 7) is 17.9. The van der Waals surface area contributed by atoms with Gasteiger partial charge in [0.05, 0.1) is 39.6 Å². The number of fused-ring (bicyclic) bond motifs is 4. The molecule has 8 rings (SSSR count). The molecule has 274 valence electrons. The molecule has 0 saturated carbocycles. The number of benzene rings is 8. The Morgan fingerprint density at radius 3 is 0.944 bits per heavy atom. The lowest BCUT2D eigenvalue weighted by atomic mass is 9.78. The summed E-state index contributed by atoms with van der Waals surface area (Å²) in [6.07, 6.45) is 0. The van der Waals surface area contributed by atoms with Gasteiger partial charge in [-0.2, -0.15) is 0 Å². The molecule has 4 heteroatoms. The molecule has 4 nitrogen and oxygen atoms in total. The molecule has 0 spiro atoms. The summed E-state index contributed by atoms with van der Waals surface area (Å²) < 4.78 is 25.1. The first-order valence-corrected chi connectivity index (χ1v) is 18.8. The molecule has 0 atom stereocenters. The van der Waals surface area contributed by atoms with Gasteiger partial charge in [-0.25, -0.2) is 0 Å². The van der Waals surface area contributed by atoms with Crippen molar-refractivity contribution < 1.29 is 18.9 Å². The molecule has 0 saturated heterocycles. The topological polar surface area (TPSA) is 36.9 Å². The highest BCUT2D eigenvalue weighted by atomic mass is 16.5. The van der Waals surface area contributed by atoms with E-state index in [4.69, 9.17) is 18.9 Å². The van der Waals surface area contributed by atoms with Crippen LogP contribution in [0.15, 0.2) is 84.9 Å². The van der Waals surface area contributed by atoms with E-state index in [0.717, 1.165) is 56.4 Å². The average molecular weight is 715 g/mol.